The molecule has 2 aliphatic rings. The van der Waals surface area contributed by atoms with Crippen LogP contribution in [-0.4, -0.2) is 74.2 Å². The van der Waals surface area contributed by atoms with Gasteiger partial charge in [0.25, 0.3) is 6.43 Å². The molecule has 5 nitrogen and oxygen atoms in total. The van der Waals surface area contributed by atoms with E-state index < -0.39 is 19.0 Å². The summed E-state index contributed by atoms with van der Waals surface area (Å²) in [6, 6.07) is 0.305. The molecule has 1 aliphatic carbocycles. The Bertz CT molecular complexity index is 352. The molecule has 2 amide bonds. The van der Waals surface area contributed by atoms with Crippen molar-refractivity contribution in [3.05, 3.63) is 0 Å². The largest absolute Gasteiger partial charge is 0.383 e. The topological polar surface area (TPSA) is 44.8 Å². The maximum Gasteiger partial charge on any atom is 0.317 e. The third-order valence-corrected chi connectivity index (χ3v) is 4.60. The summed E-state index contributed by atoms with van der Waals surface area (Å²) in [5.74, 6) is 0. The van der Waals surface area contributed by atoms with Gasteiger partial charge in [-0.1, -0.05) is 12.8 Å². The van der Waals surface area contributed by atoms with E-state index in [1.165, 1.54) is 32.8 Å². The Morgan fingerprint density at radius 3 is 2.73 bits per heavy atom. The Labute approximate surface area is 131 Å². The van der Waals surface area contributed by atoms with Crippen molar-refractivity contribution in [3.8, 4) is 0 Å². The number of hydrogen-bond donors (Lipinski definition) is 1. The Hall–Kier alpha value is -0.950. The highest BCUT2D eigenvalue weighted by Crippen LogP contribution is 2.26. The normalized spacial score (nSPS) is 23.4. The van der Waals surface area contributed by atoms with Crippen LogP contribution >= 0.6 is 0 Å². The number of nitrogens with zero attached hydrogens (tertiary/aromatic N) is 2. The third kappa shape index (κ3) is 5.05. The zero-order valence-corrected chi connectivity index (χ0v) is 13.3. The van der Waals surface area contributed by atoms with Crippen LogP contribution in [0.2, 0.25) is 0 Å². The summed E-state index contributed by atoms with van der Waals surface area (Å²) >= 11 is 0. The Kier molecular flexibility index (Phi) is 6.82. The van der Waals surface area contributed by atoms with E-state index in [2.05, 4.69) is 10.2 Å². The third-order valence-electron chi connectivity index (χ3n) is 4.60. The Balaban J connectivity index is 1.79. The minimum Gasteiger partial charge on any atom is -0.383 e. The number of ether oxygens (including phenoxy) is 1. The fraction of sp³-hybridized carbons (Fsp3) is 0.933. The predicted octanol–water partition coefficient (Wildman–Crippen LogP) is 1.93. The molecule has 0 aromatic heterocycles. The summed E-state index contributed by atoms with van der Waals surface area (Å²) in [7, 11) is 1.49. The highest BCUT2D eigenvalue weighted by molar-refractivity contribution is 5.74. The number of alkyl halides is 2. The van der Waals surface area contributed by atoms with Crippen LogP contribution in [0.3, 0.4) is 0 Å². The first-order valence-electron chi connectivity index (χ1n) is 8.16. The van der Waals surface area contributed by atoms with Gasteiger partial charge >= 0.3 is 6.03 Å². The Morgan fingerprint density at radius 2 is 2.09 bits per heavy atom. The molecule has 1 atom stereocenters. The predicted molar refractivity (Wildman–Crippen MR) is 80.2 cm³/mol. The molecule has 0 aromatic carbocycles. The van der Waals surface area contributed by atoms with Crippen LogP contribution in [-0.2, 0) is 4.74 Å². The van der Waals surface area contributed by atoms with Gasteiger partial charge in [0.1, 0.15) is 0 Å². The van der Waals surface area contributed by atoms with Crippen LogP contribution in [0.25, 0.3) is 0 Å². The smallest absolute Gasteiger partial charge is 0.317 e. The van der Waals surface area contributed by atoms with Gasteiger partial charge in [0, 0.05) is 38.8 Å². The van der Waals surface area contributed by atoms with Gasteiger partial charge in [0.2, 0.25) is 0 Å². The number of carbonyl (C=O) groups excluding carboxylic acids is 1. The monoisotopic (exact) mass is 319 g/mol. The van der Waals surface area contributed by atoms with E-state index in [-0.39, 0.29) is 19.2 Å². The SMILES string of the molecule is COCCN(CC(F)F)C(=O)NC1CCN(C2CCCC2)C1. The number of carbonyl (C=O) groups is 1. The standard InChI is InChI=1S/C15H27F2N3O2/c1-22-9-8-20(11-14(16)17)15(21)18-12-6-7-19(10-12)13-4-2-3-5-13/h12-14H,2-11H2,1H3,(H,18,21). The van der Waals surface area contributed by atoms with Crippen LogP contribution in [0.1, 0.15) is 32.1 Å². The molecule has 0 aromatic rings. The number of amides is 2. The quantitative estimate of drug-likeness (QED) is 0.780. The summed E-state index contributed by atoms with van der Waals surface area (Å²) in [4.78, 5) is 15.8. The molecule has 1 unspecified atom stereocenters. The maximum absolute atomic E-state index is 12.6. The van der Waals surface area contributed by atoms with E-state index in [0.717, 1.165) is 24.4 Å². The molecule has 1 saturated heterocycles. The summed E-state index contributed by atoms with van der Waals surface area (Å²) in [6.45, 7) is 1.73. The summed E-state index contributed by atoms with van der Waals surface area (Å²) in [5, 5.41) is 2.90. The van der Waals surface area contributed by atoms with E-state index >= 15 is 0 Å². The molecule has 2 rings (SSSR count). The molecule has 1 aliphatic heterocycles. The van der Waals surface area contributed by atoms with Crippen molar-refractivity contribution in [2.75, 3.05) is 39.9 Å². The fourth-order valence-electron chi connectivity index (χ4n) is 3.42. The second kappa shape index (κ2) is 8.62. The second-order valence-corrected chi connectivity index (χ2v) is 6.20. The molecule has 1 heterocycles. The van der Waals surface area contributed by atoms with Gasteiger partial charge in [-0.05, 0) is 19.3 Å². The van der Waals surface area contributed by atoms with E-state index in [4.69, 9.17) is 4.74 Å². The zero-order valence-electron chi connectivity index (χ0n) is 13.3. The molecular weight excluding hydrogens is 292 g/mol. The molecule has 1 N–H and O–H groups in total. The van der Waals surface area contributed by atoms with Crippen LogP contribution < -0.4 is 5.32 Å². The lowest BCUT2D eigenvalue weighted by Crippen LogP contribution is -2.48. The van der Waals surface area contributed by atoms with Crippen molar-refractivity contribution >= 4 is 6.03 Å². The fourth-order valence-corrected chi connectivity index (χ4v) is 3.42. The van der Waals surface area contributed by atoms with Gasteiger partial charge in [-0.2, -0.15) is 0 Å². The molecule has 2 fully saturated rings. The average molecular weight is 319 g/mol. The minimum absolute atomic E-state index is 0.0656. The first-order valence-corrected chi connectivity index (χ1v) is 8.16. The number of likely N-dealkylation sites (tertiary alicyclic amines) is 1. The first-order chi connectivity index (χ1) is 10.6. The first kappa shape index (κ1) is 17.4. The molecule has 0 spiro atoms. The van der Waals surface area contributed by atoms with Gasteiger partial charge in [-0.25, -0.2) is 13.6 Å². The van der Waals surface area contributed by atoms with Crippen LogP contribution in [0.4, 0.5) is 13.6 Å². The van der Waals surface area contributed by atoms with Gasteiger partial charge in [0.05, 0.1) is 13.2 Å². The number of nitrogens with one attached hydrogen (secondary N) is 1. The van der Waals surface area contributed by atoms with E-state index in [0.29, 0.717) is 6.04 Å². The van der Waals surface area contributed by atoms with Gasteiger partial charge in [-0.15, -0.1) is 0 Å². The van der Waals surface area contributed by atoms with E-state index in [1.54, 1.807) is 0 Å². The van der Waals surface area contributed by atoms with Crippen LogP contribution in [0.5, 0.6) is 0 Å². The molecule has 7 heteroatoms. The second-order valence-electron chi connectivity index (χ2n) is 6.20. The zero-order chi connectivity index (χ0) is 15.9. The lowest BCUT2D eigenvalue weighted by atomic mass is 10.2. The summed E-state index contributed by atoms with van der Waals surface area (Å²) < 4.78 is 30.0. The van der Waals surface area contributed by atoms with Crippen molar-refractivity contribution in [2.45, 2.75) is 50.6 Å². The van der Waals surface area contributed by atoms with Gasteiger partial charge in [0.15, 0.2) is 0 Å². The lowest BCUT2D eigenvalue weighted by molar-refractivity contribution is 0.0826. The molecule has 0 bridgehead atoms. The van der Waals surface area contributed by atoms with Gasteiger partial charge < -0.3 is 15.0 Å². The van der Waals surface area contributed by atoms with Crippen molar-refractivity contribution in [1.82, 2.24) is 15.1 Å². The summed E-state index contributed by atoms with van der Waals surface area (Å²) in [5.41, 5.74) is 0. The van der Waals surface area contributed by atoms with Crippen LogP contribution in [0.15, 0.2) is 0 Å². The average Bonchev–Trinajstić information content (AvgIpc) is 3.13. The summed E-state index contributed by atoms with van der Waals surface area (Å²) in [6.07, 6.45) is 3.43. The van der Waals surface area contributed by atoms with Crippen molar-refractivity contribution in [2.24, 2.45) is 0 Å². The van der Waals surface area contributed by atoms with Crippen molar-refractivity contribution < 1.29 is 18.3 Å². The minimum atomic E-state index is -2.53. The molecule has 1 saturated carbocycles. The lowest BCUT2D eigenvalue weighted by Gasteiger charge is -2.26. The van der Waals surface area contributed by atoms with Crippen molar-refractivity contribution in [1.29, 1.82) is 0 Å². The number of urea groups is 1. The number of halogens is 2. The maximum atomic E-state index is 12.6. The molecule has 22 heavy (non-hydrogen) atoms. The van der Waals surface area contributed by atoms with E-state index in [1.807, 2.05) is 0 Å². The molecule has 128 valence electrons. The highest BCUT2D eigenvalue weighted by Gasteiger charge is 2.31. The molecular formula is C15H27F2N3O2. The van der Waals surface area contributed by atoms with Gasteiger partial charge in [-0.3, -0.25) is 4.90 Å². The number of hydrogen-bond acceptors (Lipinski definition) is 3. The highest BCUT2D eigenvalue weighted by atomic mass is 19.3. The number of rotatable bonds is 7. The Morgan fingerprint density at radius 1 is 1.36 bits per heavy atom. The number of methoxy groups -OCH3 is 1. The molecule has 0 radical (unpaired) electrons. The van der Waals surface area contributed by atoms with Crippen LogP contribution in [0, 0.1) is 0 Å². The van der Waals surface area contributed by atoms with Crippen molar-refractivity contribution in [3.63, 3.8) is 0 Å². The van der Waals surface area contributed by atoms with E-state index in [9.17, 15) is 13.6 Å².